The number of rotatable bonds is 6. The summed E-state index contributed by atoms with van der Waals surface area (Å²) in [4.78, 5) is 3.88. The van der Waals surface area contributed by atoms with Crippen molar-refractivity contribution in [3.05, 3.63) is 24.0 Å². The van der Waals surface area contributed by atoms with Crippen LogP contribution in [0.4, 0.5) is 13.2 Å². The first-order valence-electron chi connectivity index (χ1n) is 5.48. The Morgan fingerprint density at radius 1 is 1.50 bits per heavy atom. The molecule has 0 aliphatic heterocycles. The second-order valence-corrected chi connectivity index (χ2v) is 3.84. The van der Waals surface area contributed by atoms with Crippen LogP contribution in [0.1, 0.15) is 30.9 Å². The Hall–Kier alpha value is -1.34. The predicted octanol–water partition coefficient (Wildman–Crippen LogP) is 2.33. The molecule has 0 bridgehead atoms. The molecule has 1 unspecified atom stereocenters. The zero-order valence-electron chi connectivity index (χ0n) is 10.00. The average Bonchev–Trinajstić information content (AvgIpc) is 2.33. The number of hydrogen-bond acceptors (Lipinski definition) is 4. The van der Waals surface area contributed by atoms with Crippen LogP contribution in [0.25, 0.3) is 0 Å². The highest BCUT2D eigenvalue weighted by Gasteiger charge is 2.27. The minimum atomic E-state index is -4.14. The maximum atomic E-state index is 12.1. The van der Waals surface area contributed by atoms with Gasteiger partial charge in [-0.2, -0.15) is 13.2 Å². The highest BCUT2D eigenvalue weighted by atomic mass is 19.4. The molecule has 0 fully saturated rings. The van der Waals surface area contributed by atoms with E-state index in [9.17, 15) is 13.2 Å². The van der Waals surface area contributed by atoms with Gasteiger partial charge in [0.05, 0.1) is 13.3 Å². The summed E-state index contributed by atoms with van der Waals surface area (Å²) in [5, 5.41) is 0. The van der Waals surface area contributed by atoms with E-state index in [4.69, 9.17) is 10.6 Å². The topological polar surface area (TPSA) is 60.2 Å². The van der Waals surface area contributed by atoms with Gasteiger partial charge in [-0.25, -0.2) is 0 Å². The average molecular weight is 263 g/mol. The second-order valence-electron chi connectivity index (χ2n) is 3.84. The number of methoxy groups -OCH3 is 1. The summed E-state index contributed by atoms with van der Waals surface area (Å²) in [6, 6.07) is 1.29. The number of nitrogens with zero attached hydrogens (tertiary/aromatic N) is 1. The molecule has 1 atom stereocenters. The fourth-order valence-corrected chi connectivity index (χ4v) is 1.68. The van der Waals surface area contributed by atoms with E-state index in [0.717, 1.165) is 0 Å². The van der Waals surface area contributed by atoms with E-state index in [1.54, 1.807) is 12.3 Å². The van der Waals surface area contributed by atoms with Gasteiger partial charge in [-0.15, -0.1) is 0 Å². The summed E-state index contributed by atoms with van der Waals surface area (Å²) in [5.41, 5.74) is 3.21. The molecule has 1 aromatic heterocycles. The Morgan fingerprint density at radius 2 is 2.22 bits per heavy atom. The van der Waals surface area contributed by atoms with Gasteiger partial charge in [0.2, 0.25) is 0 Å². The van der Waals surface area contributed by atoms with Crippen LogP contribution in [-0.2, 0) is 0 Å². The molecule has 0 amide bonds. The molecule has 7 heteroatoms. The third-order valence-electron chi connectivity index (χ3n) is 2.57. The summed E-state index contributed by atoms with van der Waals surface area (Å²) < 4.78 is 41.3. The fraction of sp³-hybridized carbons (Fsp3) is 0.545. The van der Waals surface area contributed by atoms with E-state index in [0.29, 0.717) is 11.3 Å². The molecule has 0 aliphatic carbocycles. The lowest BCUT2D eigenvalue weighted by molar-refractivity contribution is -0.135. The second kappa shape index (κ2) is 6.55. The molecule has 0 aromatic carbocycles. The Bertz CT molecular complexity index is 371. The van der Waals surface area contributed by atoms with Crippen molar-refractivity contribution in [2.75, 3.05) is 7.11 Å². The predicted molar refractivity (Wildman–Crippen MR) is 60.8 cm³/mol. The van der Waals surface area contributed by atoms with E-state index >= 15 is 0 Å². The summed E-state index contributed by atoms with van der Waals surface area (Å²) in [6.45, 7) is 0. The highest BCUT2D eigenvalue weighted by Crippen LogP contribution is 2.29. The van der Waals surface area contributed by atoms with Crippen molar-refractivity contribution in [1.82, 2.24) is 10.4 Å². The first-order chi connectivity index (χ1) is 8.48. The molecule has 102 valence electrons. The lowest BCUT2D eigenvalue weighted by Crippen LogP contribution is -2.28. The number of hydrogen-bond donors (Lipinski definition) is 2. The van der Waals surface area contributed by atoms with Crippen molar-refractivity contribution in [2.24, 2.45) is 5.84 Å². The quantitative estimate of drug-likeness (QED) is 0.611. The molecule has 4 nitrogen and oxygen atoms in total. The molecule has 0 radical (unpaired) electrons. The monoisotopic (exact) mass is 263 g/mol. The van der Waals surface area contributed by atoms with Gasteiger partial charge in [-0.1, -0.05) is 0 Å². The Morgan fingerprint density at radius 3 is 2.78 bits per heavy atom. The maximum Gasteiger partial charge on any atom is 0.389 e. The minimum Gasteiger partial charge on any atom is -0.495 e. The fourth-order valence-electron chi connectivity index (χ4n) is 1.68. The SMILES string of the molecule is COc1cnccc1C(CCCC(F)(F)F)NN. The lowest BCUT2D eigenvalue weighted by Gasteiger charge is -2.18. The molecule has 18 heavy (non-hydrogen) atoms. The van der Waals surface area contributed by atoms with E-state index in [-0.39, 0.29) is 18.9 Å². The van der Waals surface area contributed by atoms with Crippen molar-refractivity contribution in [3.8, 4) is 5.75 Å². The van der Waals surface area contributed by atoms with E-state index in [1.165, 1.54) is 13.3 Å². The summed E-state index contributed by atoms with van der Waals surface area (Å²) in [5.74, 6) is 5.88. The van der Waals surface area contributed by atoms with Gasteiger partial charge in [0, 0.05) is 24.2 Å². The normalized spacial score (nSPS) is 13.4. The van der Waals surface area contributed by atoms with Crippen LogP contribution in [-0.4, -0.2) is 18.3 Å². The van der Waals surface area contributed by atoms with Gasteiger partial charge in [0.25, 0.3) is 0 Å². The summed E-state index contributed by atoms with van der Waals surface area (Å²) in [6.07, 6.45) is -1.63. The molecule has 0 spiro atoms. The number of aromatic nitrogens is 1. The standard InChI is InChI=1S/C11H16F3N3O/c1-18-10-7-16-6-4-8(10)9(17-15)3-2-5-11(12,13)14/h4,6-7,9,17H,2-3,5,15H2,1H3. The first-order valence-corrected chi connectivity index (χ1v) is 5.48. The Balaban J connectivity index is 2.65. The molecule has 1 aromatic rings. The van der Waals surface area contributed by atoms with Crippen LogP contribution < -0.4 is 16.0 Å². The van der Waals surface area contributed by atoms with Crippen LogP contribution >= 0.6 is 0 Å². The smallest absolute Gasteiger partial charge is 0.389 e. The number of hydrazine groups is 1. The van der Waals surface area contributed by atoms with Crippen molar-refractivity contribution < 1.29 is 17.9 Å². The van der Waals surface area contributed by atoms with Crippen LogP contribution in [0.2, 0.25) is 0 Å². The van der Waals surface area contributed by atoms with Gasteiger partial charge in [-0.05, 0) is 18.9 Å². The maximum absolute atomic E-state index is 12.1. The molecular weight excluding hydrogens is 247 g/mol. The molecule has 0 saturated heterocycles. The molecule has 1 heterocycles. The zero-order valence-corrected chi connectivity index (χ0v) is 10.00. The van der Waals surface area contributed by atoms with Gasteiger partial charge in [-0.3, -0.25) is 16.3 Å². The van der Waals surface area contributed by atoms with Gasteiger partial charge in [0.1, 0.15) is 5.75 Å². The summed E-state index contributed by atoms with van der Waals surface area (Å²) >= 11 is 0. The van der Waals surface area contributed by atoms with Crippen molar-refractivity contribution >= 4 is 0 Å². The lowest BCUT2D eigenvalue weighted by atomic mass is 10.0. The largest absolute Gasteiger partial charge is 0.495 e. The number of ether oxygens (including phenoxy) is 1. The van der Waals surface area contributed by atoms with Gasteiger partial charge >= 0.3 is 6.18 Å². The summed E-state index contributed by atoms with van der Waals surface area (Å²) in [7, 11) is 1.48. The Labute approximate surface area is 103 Å². The van der Waals surface area contributed by atoms with Crippen LogP contribution in [0.15, 0.2) is 18.5 Å². The number of nitrogens with one attached hydrogen (secondary N) is 1. The molecule has 0 aliphatic rings. The number of pyridine rings is 1. The van der Waals surface area contributed by atoms with Gasteiger partial charge < -0.3 is 4.74 Å². The van der Waals surface area contributed by atoms with E-state index in [1.807, 2.05) is 0 Å². The highest BCUT2D eigenvalue weighted by molar-refractivity contribution is 5.32. The molecule has 0 saturated carbocycles. The molecule has 1 rings (SSSR count). The number of nitrogens with two attached hydrogens (primary N) is 1. The van der Waals surface area contributed by atoms with Gasteiger partial charge in [0.15, 0.2) is 0 Å². The zero-order chi connectivity index (χ0) is 13.6. The Kier molecular flexibility index (Phi) is 5.36. The first kappa shape index (κ1) is 14.7. The molecule has 3 N–H and O–H groups in total. The van der Waals surface area contributed by atoms with Crippen LogP contribution in [0.5, 0.6) is 5.75 Å². The van der Waals surface area contributed by atoms with E-state index < -0.39 is 12.6 Å². The number of alkyl halides is 3. The van der Waals surface area contributed by atoms with Crippen molar-refractivity contribution in [3.63, 3.8) is 0 Å². The third kappa shape index (κ3) is 4.50. The third-order valence-corrected chi connectivity index (χ3v) is 2.57. The molecular formula is C11H16F3N3O. The minimum absolute atomic E-state index is 0.00381. The van der Waals surface area contributed by atoms with Crippen LogP contribution in [0, 0.1) is 0 Å². The van der Waals surface area contributed by atoms with Crippen molar-refractivity contribution in [2.45, 2.75) is 31.5 Å². The van der Waals surface area contributed by atoms with Crippen molar-refractivity contribution in [1.29, 1.82) is 0 Å². The number of halogens is 3. The van der Waals surface area contributed by atoms with Crippen LogP contribution in [0.3, 0.4) is 0 Å². The van der Waals surface area contributed by atoms with E-state index in [2.05, 4.69) is 10.4 Å².